The van der Waals surface area contributed by atoms with Crippen LogP contribution in [0.15, 0.2) is 41.9 Å². The van der Waals surface area contributed by atoms with Gasteiger partial charge in [0.1, 0.15) is 5.01 Å². The van der Waals surface area contributed by atoms with E-state index in [0.29, 0.717) is 28.2 Å². The molecule has 2 heterocycles. The average molecular weight is 381 g/mol. The largest absolute Gasteiger partial charge is 0.424 e. The van der Waals surface area contributed by atoms with E-state index in [9.17, 15) is 23.1 Å². The monoisotopic (exact) mass is 381 g/mol. The van der Waals surface area contributed by atoms with Gasteiger partial charge in [0.05, 0.1) is 11.9 Å². The number of carbonyl (C=O) groups excluding carboxylic acids is 1. The van der Waals surface area contributed by atoms with Crippen molar-refractivity contribution in [3.05, 3.63) is 52.6 Å². The summed E-state index contributed by atoms with van der Waals surface area (Å²) in [6.45, 7) is 1.51. The lowest BCUT2D eigenvalue weighted by Gasteiger charge is -2.27. The van der Waals surface area contributed by atoms with E-state index in [1.54, 1.807) is 30.5 Å². The number of anilines is 1. The molecule has 0 radical (unpaired) electrons. The third-order valence-corrected chi connectivity index (χ3v) is 4.86. The minimum absolute atomic E-state index is 0.315. The summed E-state index contributed by atoms with van der Waals surface area (Å²) in [6.07, 6.45) is -4.61. The van der Waals surface area contributed by atoms with Crippen LogP contribution in [0, 0.1) is 6.92 Å². The lowest BCUT2D eigenvalue weighted by atomic mass is 9.99. The number of fused-ring (bicyclic) bond motifs is 1. The smallest absolute Gasteiger partial charge is 0.374 e. The number of aryl methyl sites for hydroxylation is 1. The number of nitrogens with one attached hydrogen (secondary N) is 1. The molecule has 0 fully saturated rings. The first-order chi connectivity index (χ1) is 12.2. The summed E-state index contributed by atoms with van der Waals surface area (Å²) in [5.41, 5.74) is -1.99. The molecular weight excluding hydrogens is 367 g/mol. The topological polar surface area (TPSA) is 75.1 Å². The first kappa shape index (κ1) is 18.3. The molecule has 1 amide bonds. The van der Waals surface area contributed by atoms with Crippen LogP contribution in [-0.4, -0.2) is 27.2 Å². The number of halogens is 3. The maximum absolute atomic E-state index is 13.4. The second-order valence-corrected chi connectivity index (χ2v) is 6.65. The molecule has 0 spiro atoms. The first-order valence-electron chi connectivity index (χ1n) is 7.55. The van der Waals surface area contributed by atoms with E-state index in [1.165, 1.54) is 18.4 Å². The Hall–Kier alpha value is -2.52. The molecule has 2 N–H and O–H groups in total. The zero-order valence-corrected chi connectivity index (χ0v) is 14.4. The van der Waals surface area contributed by atoms with Gasteiger partial charge in [-0.05, 0) is 31.2 Å². The number of hydrogen-bond acceptors (Lipinski definition) is 5. The number of amides is 1. The van der Waals surface area contributed by atoms with Crippen LogP contribution in [0.3, 0.4) is 0 Å². The molecule has 26 heavy (non-hydrogen) atoms. The number of alkyl halides is 3. The Balaban J connectivity index is 1.83. The summed E-state index contributed by atoms with van der Waals surface area (Å²) in [5.74, 6) is -0.971. The van der Waals surface area contributed by atoms with Crippen LogP contribution >= 0.6 is 11.3 Å². The highest BCUT2D eigenvalue weighted by molar-refractivity contribution is 7.09. The van der Waals surface area contributed by atoms with Gasteiger partial charge in [0.25, 0.3) is 0 Å². The Morgan fingerprint density at radius 1 is 1.31 bits per heavy atom. The van der Waals surface area contributed by atoms with Gasteiger partial charge < -0.3 is 10.4 Å². The molecule has 1 atom stereocenters. The maximum atomic E-state index is 13.4. The van der Waals surface area contributed by atoms with Gasteiger partial charge in [0.2, 0.25) is 11.5 Å². The van der Waals surface area contributed by atoms with Crippen molar-refractivity contribution in [3.8, 4) is 0 Å². The second-order valence-electron chi connectivity index (χ2n) is 5.79. The molecule has 0 aliphatic heterocycles. The summed E-state index contributed by atoms with van der Waals surface area (Å²) in [5, 5.41) is 14.2. The Labute approximate surface area is 150 Å². The van der Waals surface area contributed by atoms with Crippen LogP contribution in [0.4, 0.5) is 18.9 Å². The Morgan fingerprint density at radius 3 is 2.73 bits per heavy atom. The number of rotatable bonds is 4. The SMILES string of the molecule is Cc1csc([C@](O)(CC(=O)Nc2ccc3ncccc3c2)C(F)(F)F)n1. The average Bonchev–Trinajstić information content (AvgIpc) is 3.00. The molecular formula is C17H14F3N3O2S. The summed E-state index contributed by atoms with van der Waals surface area (Å²) < 4.78 is 40.3. The zero-order valence-electron chi connectivity index (χ0n) is 13.5. The van der Waals surface area contributed by atoms with E-state index in [1.807, 2.05) is 0 Å². The Bertz CT molecular complexity index is 958. The molecule has 3 rings (SSSR count). The van der Waals surface area contributed by atoms with Gasteiger partial charge in [-0.15, -0.1) is 11.3 Å². The minimum atomic E-state index is -5.04. The predicted molar refractivity (Wildman–Crippen MR) is 91.8 cm³/mol. The van der Waals surface area contributed by atoms with Gasteiger partial charge in [0.15, 0.2) is 0 Å². The van der Waals surface area contributed by atoms with Crippen LogP contribution in [0.2, 0.25) is 0 Å². The number of carbonyl (C=O) groups is 1. The van der Waals surface area contributed by atoms with Crippen LogP contribution < -0.4 is 5.32 Å². The summed E-state index contributed by atoms with van der Waals surface area (Å²) in [6, 6.07) is 8.25. The number of aromatic nitrogens is 2. The quantitative estimate of drug-likeness (QED) is 0.721. The molecule has 136 valence electrons. The molecule has 2 aromatic heterocycles. The highest BCUT2D eigenvalue weighted by atomic mass is 32.1. The molecule has 0 aliphatic carbocycles. The van der Waals surface area contributed by atoms with Crippen molar-refractivity contribution < 1.29 is 23.1 Å². The number of benzene rings is 1. The molecule has 5 nitrogen and oxygen atoms in total. The number of aliphatic hydroxyl groups is 1. The van der Waals surface area contributed by atoms with Crippen molar-refractivity contribution in [2.45, 2.75) is 25.1 Å². The van der Waals surface area contributed by atoms with Crippen molar-refractivity contribution in [1.29, 1.82) is 0 Å². The molecule has 0 unspecified atom stereocenters. The van der Waals surface area contributed by atoms with Crippen LogP contribution in [0.25, 0.3) is 10.9 Å². The highest BCUT2D eigenvalue weighted by Gasteiger charge is 2.58. The maximum Gasteiger partial charge on any atom is 0.424 e. The molecule has 0 saturated heterocycles. The van der Waals surface area contributed by atoms with Gasteiger partial charge in [0, 0.05) is 28.3 Å². The molecule has 3 aromatic rings. The van der Waals surface area contributed by atoms with Crippen molar-refractivity contribution in [1.82, 2.24) is 9.97 Å². The van der Waals surface area contributed by atoms with Gasteiger partial charge in [-0.1, -0.05) is 6.07 Å². The number of pyridine rings is 1. The van der Waals surface area contributed by atoms with E-state index in [0.717, 1.165) is 5.39 Å². The van der Waals surface area contributed by atoms with Gasteiger partial charge in [-0.2, -0.15) is 13.2 Å². The van der Waals surface area contributed by atoms with Gasteiger partial charge >= 0.3 is 6.18 Å². The first-order valence-corrected chi connectivity index (χ1v) is 8.43. The fraction of sp³-hybridized carbons (Fsp3) is 0.235. The number of hydrogen-bond donors (Lipinski definition) is 2. The molecule has 0 saturated carbocycles. The van der Waals surface area contributed by atoms with E-state index in [2.05, 4.69) is 15.3 Å². The molecule has 0 aliphatic rings. The van der Waals surface area contributed by atoms with Gasteiger partial charge in [-0.25, -0.2) is 4.98 Å². The predicted octanol–water partition coefficient (Wildman–Crippen LogP) is 3.78. The molecule has 1 aromatic carbocycles. The van der Waals surface area contributed by atoms with E-state index in [-0.39, 0.29) is 0 Å². The van der Waals surface area contributed by atoms with Crippen LogP contribution in [0.5, 0.6) is 0 Å². The molecule has 9 heteroatoms. The van der Waals surface area contributed by atoms with Crippen molar-refractivity contribution in [2.24, 2.45) is 0 Å². The third-order valence-electron chi connectivity index (χ3n) is 3.74. The fourth-order valence-corrected chi connectivity index (χ4v) is 3.35. The second kappa shape index (κ2) is 6.65. The van der Waals surface area contributed by atoms with E-state index < -0.39 is 29.1 Å². The zero-order chi connectivity index (χ0) is 18.9. The summed E-state index contributed by atoms with van der Waals surface area (Å²) in [7, 11) is 0. The third kappa shape index (κ3) is 3.54. The Kier molecular flexibility index (Phi) is 4.68. The molecule has 0 bridgehead atoms. The highest BCUT2D eigenvalue weighted by Crippen LogP contribution is 2.43. The van der Waals surface area contributed by atoms with Crippen molar-refractivity contribution >= 4 is 33.8 Å². The normalized spacial score (nSPS) is 14.2. The van der Waals surface area contributed by atoms with Crippen LogP contribution in [0.1, 0.15) is 17.1 Å². The summed E-state index contributed by atoms with van der Waals surface area (Å²) >= 11 is 0.664. The van der Waals surface area contributed by atoms with Crippen molar-refractivity contribution in [3.63, 3.8) is 0 Å². The number of nitrogens with zero attached hydrogens (tertiary/aromatic N) is 2. The lowest BCUT2D eigenvalue weighted by molar-refractivity contribution is -0.266. The minimum Gasteiger partial charge on any atom is -0.374 e. The van der Waals surface area contributed by atoms with Crippen molar-refractivity contribution in [2.75, 3.05) is 5.32 Å². The van der Waals surface area contributed by atoms with E-state index >= 15 is 0 Å². The summed E-state index contributed by atoms with van der Waals surface area (Å²) in [4.78, 5) is 20.0. The fourth-order valence-electron chi connectivity index (χ4n) is 2.43. The van der Waals surface area contributed by atoms with Gasteiger partial charge in [-0.3, -0.25) is 9.78 Å². The number of thiazole rings is 1. The Morgan fingerprint density at radius 2 is 2.08 bits per heavy atom. The van der Waals surface area contributed by atoms with Crippen LogP contribution in [-0.2, 0) is 10.4 Å². The lowest BCUT2D eigenvalue weighted by Crippen LogP contribution is -2.45. The van der Waals surface area contributed by atoms with E-state index in [4.69, 9.17) is 0 Å². The standard InChI is InChI=1S/C17H14F3N3O2S/c1-10-9-26-15(22-10)16(25,17(18,19)20)8-14(24)23-12-4-5-13-11(7-12)3-2-6-21-13/h2-7,9,25H,8H2,1H3,(H,23,24)/t16-/m1/s1.